The Morgan fingerprint density at radius 3 is 2.50 bits per heavy atom. The fourth-order valence-corrected chi connectivity index (χ4v) is 3.34. The topological polar surface area (TPSA) is 75.3 Å². The molecule has 6 heteroatoms. The van der Waals surface area contributed by atoms with Crippen LogP contribution in [0.5, 0.6) is 0 Å². The van der Waals surface area contributed by atoms with Gasteiger partial charge >= 0.3 is 0 Å². The molecule has 0 bridgehead atoms. The van der Waals surface area contributed by atoms with Crippen LogP contribution >= 0.6 is 0 Å². The number of hydrogen-bond acceptors (Lipinski definition) is 3. The van der Waals surface area contributed by atoms with E-state index in [9.17, 15) is 13.2 Å². The van der Waals surface area contributed by atoms with Crippen molar-refractivity contribution in [2.24, 2.45) is 0 Å². The zero-order valence-electron chi connectivity index (χ0n) is 13.7. The second-order valence-electron chi connectivity index (χ2n) is 5.58. The first-order valence-electron chi connectivity index (χ1n) is 7.84. The second kappa shape index (κ2) is 8.61. The minimum absolute atomic E-state index is 0.166. The third-order valence-corrected chi connectivity index (χ3v) is 4.93. The lowest BCUT2D eigenvalue weighted by atomic mass is 10.1. The van der Waals surface area contributed by atoms with E-state index in [2.05, 4.69) is 10.0 Å². The number of aryl methyl sites for hydroxylation is 2. The molecule has 128 valence electrons. The Labute approximate surface area is 143 Å². The molecule has 2 aromatic rings. The Hall–Kier alpha value is -2.18. The first-order chi connectivity index (χ1) is 11.5. The SMILES string of the molecule is Cc1cccc(S(=O)(=O)NCC(=O)NCCCc2ccccc2)c1. The third-order valence-electron chi connectivity index (χ3n) is 3.53. The molecule has 0 radical (unpaired) electrons. The molecule has 2 aromatic carbocycles. The van der Waals surface area contributed by atoms with Crippen LogP contribution in [-0.2, 0) is 21.2 Å². The second-order valence-corrected chi connectivity index (χ2v) is 7.35. The summed E-state index contributed by atoms with van der Waals surface area (Å²) in [5, 5.41) is 2.72. The molecule has 1 amide bonds. The van der Waals surface area contributed by atoms with Crippen molar-refractivity contribution in [3.8, 4) is 0 Å². The predicted octanol–water partition coefficient (Wildman–Crippen LogP) is 2.02. The Bertz CT molecular complexity index is 774. The number of nitrogens with one attached hydrogen (secondary N) is 2. The highest BCUT2D eigenvalue weighted by molar-refractivity contribution is 7.89. The lowest BCUT2D eigenvalue weighted by Crippen LogP contribution is -2.37. The van der Waals surface area contributed by atoms with Gasteiger partial charge in [-0.3, -0.25) is 4.79 Å². The Kier molecular flexibility index (Phi) is 6.52. The highest BCUT2D eigenvalue weighted by Gasteiger charge is 2.15. The largest absolute Gasteiger partial charge is 0.355 e. The number of rotatable bonds is 8. The van der Waals surface area contributed by atoms with Gasteiger partial charge in [0.2, 0.25) is 15.9 Å². The van der Waals surface area contributed by atoms with Gasteiger partial charge in [-0.2, -0.15) is 0 Å². The fourth-order valence-electron chi connectivity index (χ4n) is 2.25. The molecular formula is C18H22N2O3S. The van der Waals surface area contributed by atoms with E-state index < -0.39 is 10.0 Å². The monoisotopic (exact) mass is 346 g/mol. The number of carbonyl (C=O) groups is 1. The minimum atomic E-state index is -3.66. The molecule has 0 saturated heterocycles. The quantitative estimate of drug-likeness (QED) is 0.718. The summed E-state index contributed by atoms with van der Waals surface area (Å²) in [6, 6.07) is 16.6. The first kappa shape index (κ1) is 18.2. The molecule has 0 spiro atoms. The summed E-state index contributed by atoms with van der Waals surface area (Å²) < 4.78 is 26.5. The van der Waals surface area contributed by atoms with Crippen molar-refractivity contribution in [2.75, 3.05) is 13.1 Å². The van der Waals surface area contributed by atoms with Crippen molar-refractivity contribution in [2.45, 2.75) is 24.7 Å². The molecule has 0 aliphatic heterocycles. The number of hydrogen-bond donors (Lipinski definition) is 2. The summed E-state index contributed by atoms with van der Waals surface area (Å²) in [6.07, 6.45) is 1.68. The maximum atomic E-state index is 12.1. The number of sulfonamides is 1. The van der Waals surface area contributed by atoms with Crippen molar-refractivity contribution < 1.29 is 13.2 Å². The van der Waals surface area contributed by atoms with Crippen LogP contribution in [0.1, 0.15) is 17.5 Å². The molecule has 0 heterocycles. The molecule has 5 nitrogen and oxygen atoms in total. The van der Waals surface area contributed by atoms with Crippen LogP contribution in [0.2, 0.25) is 0 Å². The van der Waals surface area contributed by atoms with Gasteiger partial charge in [0.05, 0.1) is 11.4 Å². The summed E-state index contributed by atoms with van der Waals surface area (Å²) >= 11 is 0. The van der Waals surface area contributed by atoms with Crippen molar-refractivity contribution in [3.63, 3.8) is 0 Å². The first-order valence-corrected chi connectivity index (χ1v) is 9.33. The summed E-state index contributed by atoms with van der Waals surface area (Å²) in [7, 11) is -3.66. The van der Waals surface area contributed by atoms with Crippen LogP contribution in [0.15, 0.2) is 59.5 Å². The zero-order chi connectivity index (χ0) is 17.4. The van der Waals surface area contributed by atoms with Crippen LogP contribution in [0.25, 0.3) is 0 Å². The van der Waals surface area contributed by atoms with Crippen molar-refractivity contribution >= 4 is 15.9 Å². The van der Waals surface area contributed by atoms with Gasteiger partial charge in [-0.25, -0.2) is 13.1 Å². The van der Waals surface area contributed by atoms with Crippen LogP contribution in [0, 0.1) is 6.92 Å². The van der Waals surface area contributed by atoms with Gasteiger partial charge in [-0.1, -0.05) is 42.5 Å². The van der Waals surface area contributed by atoms with E-state index in [-0.39, 0.29) is 17.3 Å². The van der Waals surface area contributed by atoms with E-state index in [0.717, 1.165) is 18.4 Å². The minimum Gasteiger partial charge on any atom is -0.355 e. The molecule has 0 aliphatic carbocycles. The smallest absolute Gasteiger partial charge is 0.241 e. The van der Waals surface area contributed by atoms with Gasteiger partial charge in [0.15, 0.2) is 0 Å². The highest BCUT2D eigenvalue weighted by atomic mass is 32.2. The van der Waals surface area contributed by atoms with E-state index in [0.29, 0.717) is 6.54 Å². The summed E-state index contributed by atoms with van der Waals surface area (Å²) in [6.45, 7) is 2.07. The molecule has 2 N–H and O–H groups in total. The Balaban J connectivity index is 1.73. The van der Waals surface area contributed by atoms with E-state index >= 15 is 0 Å². The Morgan fingerprint density at radius 1 is 1.04 bits per heavy atom. The lowest BCUT2D eigenvalue weighted by Gasteiger charge is -2.08. The molecule has 0 unspecified atom stereocenters. The molecule has 0 aliphatic rings. The average Bonchev–Trinajstić information content (AvgIpc) is 2.58. The van der Waals surface area contributed by atoms with Gasteiger partial charge in [0.25, 0.3) is 0 Å². The third kappa shape index (κ3) is 5.79. The van der Waals surface area contributed by atoms with Gasteiger partial charge in [-0.15, -0.1) is 0 Å². The van der Waals surface area contributed by atoms with Crippen LogP contribution in [0.3, 0.4) is 0 Å². The number of amides is 1. The number of carbonyl (C=O) groups excluding carboxylic acids is 1. The highest BCUT2D eigenvalue weighted by Crippen LogP contribution is 2.10. The van der Waals surface area contributed by atoms with Gasteiger partial charge in [0.1, 0.15) is 0 Å². The molecule has 24 heavy (non-hydrogen) atoms. The summed E-state index contributed by atoms with van der Waals surface area (Å²) in [4.78, 5) is 11.9. The average molecular weight is 346 g/mol. The molecule has 2 rings (SSSR count). The van der Waals surface area contributed by atoms with Gasteiger partial charge in [-0.05, 0) is 43.0 Å². The van der Waals surface area contributed by atoms with E-state index in [1.807, 2.05) is 43.3 Å². The molecule has 0 atom stereocenters. The summed E-state index contributed by atoms with van der Waals surface area (Å²) in [5.41, 5.74) is 2.06. The number of benzene rings is 2. The Morgan fingerprint density at radius 2 is 1.79 bits per heavy atom. The van der Waals surface area contributed by atoms with Gasteiger partial charge in [0, 0.05) is 6.54 Å². The molecular weight excluding hydrogens is 324 g/mol. The predicted molar refractivity (Wildman–Crippen MR) is 94.1 cm³/mol. The fraction of sp³-hybridized carbons (Fsp3) is 0.278. The van der Waals surface area contributed by atoms with Crippen molar-refractivity contribution in [3.05, 3.63) is 65.7 Å². The van der Waals surface area contributed by atoms with Crippen molar-refractivity contribution in [1.29, 1.82) is 0 Å². The maximum absolute atomic E-state index is 12.1. The van der Waals surface area contributed by atoms with Crippen LogP contribution in [-0.4, -0.2) is 27.4 Å². The van der Waals surface area contributed by atoms with E-state index in [4.69, 9.17) is 0 Å². The standard InChI is InChI=1S/C18H22N2O3S/c1-15-7-5-11-17(13-15)24(22,23)20-14-18(21)19-12-6-10-16-8-3-2-4-9-16/h2-5,7-9,11,13,20H,6,10,12,14H2,1H3,(H,19,21). The van der Waals surface area contributed by atoms with E-state index in [1.165, 1.54) is 11.6 Å². The summed E-state index contributed by atoms with van der Waals surface area (Å²) in [5.74, 6) is -0.334. The van der Waals surface area contributed by atoms with Crippen molar-refractivity contribution in [1.82, 2.24) is 10.0 Å². The molecule has 0 saturated carbocycles. The molecule has 0 fully saturated rings. The van der Waals surface area contributed by atoms with Crippen LogP contribution in [0.4, 0.5) is 0 Å². The van der Waals surface area contributed by atoms with E-state index in [1.54, 1.807) is 12.1 Å². The zero-order valence-corrected chi connectivity index (χ0v) is 14.5. The van der Waals surface area contributed by atoms with Gasteiger partial charge < -0.3 is 5.32 Å². The maximum Gasteiger partial charge on any atom is 0.241 e. The normalized spacial score (nSPS) is 11.2. The molecule has 0 aromatic heterocycles. The van der Waals surface area contributed by atoms with Crippen LogP contribution < -0.4 is 10.0 Å². The lowest BCUT2D eigenvalue weighted by molar-refractivity contribution is -0.119.